The van der Waals surface area contributed by atoms with Crippen LogP contribution in [0.15, 0.2) is 103 Å². The Bertz CT molecular complexity index is 1260. The molecule has 0 radical (unpaired) electrons. The summed E-state index contributed by atoms with van der Waals surface area (Å²) < 4.78 is 25.8. The van der Waals surface area contributed by atoms with Crippen molar-refractivity contribution in [2.75, 3.05) is 0 Å². The van der Waals surface area contributed by atoms with Crippen molar-refractivity contribution in [1.29, 1.82) is 0 Å². The predicted molar refractivity (Wildman–Crippen MR) is 148 cm³/mol. The Morgan fingerprint density at radius 3 is 1.35 bits per heavy atom. The minimum absolute atomic E-state index is 0.0722. The van der Waals surface area contributed by atoms with Gasteiger partial charge in [0.05, 0.1) is 17.6 Å². The molecule has 0 aliphatic heterocycles. The summed E-state index contributed by atoms with van der Waals surface area (Å²) >= 11 is 0. The molecule has 0 unspecified atom stereocenters. The molecule has 0 saturated carbocycles. The third kappa shape index (κ3) is 5.21. The monoisotopic (exact) mass is 516 g/mol. The van der Waals surface area contributed by atoms with Gasteiger partial charge in [0.15, 0.2) is 11.5 Å². The van der Waals surface area contributed by atoms with E-state index in [2.05, 4.69) is 0 Å². The third-order valence-electron chi connectivity index (χ3n) is 6.12. The summed E-state index contributed by atoms with van der Waals surface area (Å²) in [4.78, 5) is 0. The van der Waals surface area contributed by atoms with Gasteiger partial charge in [-0.15, -0.1) is 0 Å². The maximum absolute atomic E-state index is 14.2. The Labute approximate surface area is 218 Å². The first-order valence-electron chi connectivity index (χ1n) is 12.4. The summed E-state index contributed by atoms with van der Waals surface area (Å²) in [6.07, 6.45) is -0.895. The van der Waals surface area contributed by atoms with Crippen LogP contribution in [0.1, 0.15) is 49.9 Å². The van der Waals surface area contributed by atoms with Crippen molar-refractivity contribution in [3.63, 3.8) is 0 Å². The molecule has 6 heteroatoms. The summed E-state index contributed by atoms with van der Waals surface area (Å²) in [5.41, 5.74) is 2.51. The van der Waals surface area contributed by atoms with E-state index in [-0.39, 0.29) is 5.30 Å². The van der Waals surface area contributed by atoms with E-state index >= 15 is 0 Å². The van der Waals surface area contributed by atoms with Gasteiger partial charge in [0, 0.05) is 0 Å². The van der Waals surface area contributed by atoms with Crippen LogP contribution in [0.3, 0.4) is 0 Å². The van der Waals surface area contributed by atoms with Gasteiger partial charge in [-0.3, -0.25) is 4.57 Å². The van der Waals surface area contributed by atoms with Crippen LogP contribution in [0, 0.1) is 0 Å². The second kappa shape index (κ2) is 10.9. The van der Waals surface area contributed by atoms with Crippen LogP contribution < -0.4 is 5.30 Å². The summed E-state index contributed by atoms with van der Waals surface area (Å²) in [5.74, 6) is -0.920. The molecule has 0 aromatic heterocycles. The minimum Gasteiger partial charge on any atom is -0.504 e. The summed E-state index contributed by atoms with van der Waals surface area (Å²) in [5, 5.41) is 21.9. The van der Waals surface area contributed by atoms with Gasteiger partial charge < -0.3 is 19.3 Å². The van der Waals surface area contributed by atoms with E-state index in [9.17, 15) is 14.8 Å². The molecule has 37 heavy (non-hydrogen) atoms. The van der Waals surface area contributed by atoms with Gasteiger partial charge in [-0.1, -0.05) is 91.0 Å². The van der Waals surface area contributed by atoms with E-state index in [1.165, 1.54) is 6.07 Å². The summed E-state index contributed by atoms with van der Waals surface area (Å²) in [7, 11) is -4.03. The lowest BCUT2D eigenvalue weighted by atomic mass is 9.65. The maximum Gasteiger partial charge on any atom is 0.365 e. The van der Waals surface area contributed by atoms with Gasteiger partial charge in [0.2, 0.25) is 0 Å². The lowest BCUT2D eigenvalue weighted by molar-refractivity contribution is 0.149. The number of aromatic hydroxyl groups is 2. The van der Waals surface area contributed by atoms with Crippen molar-refractivity contribution in [3.05, 3.63) is 125 Å². The predicted octanol–water partition coefficient (Wildman–Crippen LogP) is 7.15. The minimum atomic E-state index is -4.03. The smallest absolute Gasteiger partial charge is 0.365 e. The first kappa shape index (κ1) is 26.7. The number of phenols is 2. The van der Waals surface area contributed by atoms with Crippen molar-refractivity contribution in [1.82, 2.24) is 0 Å². The number of benzene rings is 4. The highest BCUT2D eigenvalue weighted by atomic mass is 31.2. The Kier molecular flexibility index (Phi) is 7.89. The molecule has 0 heterocycles. The van der Waals surface area contributed by atoms with Crippen molar-refractivity contribution in [3.8, 4) is 11.5 Å². The van der Waals surface area contributed by atoms with Gasteiger partial charge in [0.1, 0.15) is 5.30 Å². The fourth-order valence-electron chi connectivity index (χ4n) is 4.79. The van der Waals surface area contributed by atoms with E-state index in [1.807, 2.05) is 91.0 Å². The number of phenolic OH excluding ortho intramolecular Hbond substituents is 2. The van der Waals surface area contributed by atoms with E-state index in [0.29, 0.717) is 5.56 Å². The first-order valence-corrected chi connectivity index (χ1v) is 13.9. The Morgan fingerprint density at radius 2 is 1.00 bits per heavy atom. The van der Waals surface area contributed by atoms with Gasteiger partial charge >= 0.3 is 7.60 Å². The molecule has 4 aromatic carbocycles. The van der Waals surface area contributed by atoms with E-state index in [0.717, 1.165) is 16.7 Å². The highest BCUT2D eigenvalue weighted by molar-refractivity contribution is 7.62. The zero-order valence-corrected chi connectivity index (χ0v) is 22.4. The quantitative estimate of drug-likeness (QED) is 0.140. The fourth-order valence-corrected chi connectivity index (χ4v) is 6.85. The molecule has 0 amide bonds. The molecule has 0 aliphatic carbocycles. The molecule has 0 bridgehead atoms. The highest BCUT2D eigenvalue weighted by Crippen LogP contribution is 2.55. The molecule has 4 rings (SSSR count). The van der Waals surface area contributed by atoms with Crippen LogP contribution in [0.25, 0.3) is 0 Å². The standard InChI is InChI=1S/C31H33O5P/c1-22(2)35-37(34,36-23(3)4)29-21-27(20-28(32)30(29)33)31(24-14-8-5-9-15-24,25-16-10-6-11-17-25)26-18-12-7-13-19-26/h5-23,32-33H,1-4H3. The summed E-state index contributed by atoms with van der Waals surface area (Å²) in [6, 6.07) is 33.0. The molecule has 0 fully saturated rings. The molecular formula is C31H33O5P. The van der Waals surface area contributed by atoms with Crippen LogP contribution in [-0.2, 0) is 19.0 Å². The number of rotatable bonds is 9. The maximum atomic E-state index is 14.2. The van der Waals surface area contributed by atoms with Crippen molar-refractivity contribution in [2.45, 2.75) is 45.3 Å². The third-order valence-corrected chi connectivity index (χ3v) is 8.45. The van der Waals surface area contributed by atoms with E-state index in [1.54, 1.807) is 33.8 Å². The molecule has 2 N–H and O–H groups in total. The molecule has 0 saturated heterocycles. The molecule has 0 spiro atoms. The largest absolute Gasteiger partial charge is 0.504 e. The average Bonchev–Trinajstić information content (AvgIpc) is 2.87. The van der Waals surface area contributed by atoms with Crippen LogP contribution >= 0.6 is 7.60 Å². The van der Waals surface area contributed by atoms with Crippen molar-refractivity contribution >= 4 is 12.9 Å². The molecule has 5 nitrogen and oxygen atoms in total. The molecule has 4 aromatic rings. The van der Waals surface area contributed by atoms with Crippen LogP contribution in [-0.4, -0.2) is 22.4 Å². The van der Waals surface area contributed by atoms with Crippen molar-refractivity contribution in [2.24, 2.45) is 0 Å². The average molecular weight is 517 g/mol. The summed E-state index contributed by atoms with van der Waals surface area (Å²) in [6.45, 7) is 7.00. The van der Waals surface area contributed by atoms with E-state index < -0.39 is 36.7 Å². The van der Waals surface area contributed by atoms with Gasteiger partial charge in [-0.2, -0.15) is 0 Å². The second-order valence-corrected chi connectivity index (χ2v) is 11.4. The zero-order valence-electron chi connectivity index (χ0n) is 21.5. The molecular weight excluding hydrogens is 483 g/mol. The van der Waals surface area contributed by atoms with Crippen molar-refractivity contribution < 1.29 is 23.8 Å². The van der Waals surface area contributed by atoms with E-state index in [4.69, 9.17) is 9.05 Å². The van der Waals surface area contributed by atoms with Crippen LogP contribution in [0.2, 0.25) is 0 Å². The number of hydrogen-bond acceptors (Lipinski definition) is 5. The van der Waals surface area contributed by atoms with Gasteiger partial charge in [-0.05, 0) is 62.1 Å². The second-order valence-electron chi connectivity index (χ2n) is 9.52. The molecule has 0 aliphatic rings. The Hall–Kier alpha value is -3.37. The number of hydrogen-bond donors (Lipinski definition) is 2. The normalized spacial score (nSPS) is 12.3. The Balaban J connectivity index is 2.14. The van der Waals surface area contributed by atoms with Gasteiger partial charge in [-0.25, -0.2) is 0 Å². The first-order chi connectivity index (χ1) is 17.7. The topological polar surface area (TPSA) is 76.0 Å². The lowest BCUT2D eigenvalue weighted by Gasteiger charge is -2.37. The highest BCUT2D eigenvalue weighted by Gasteiger charge is 2.42. The van der Waals surface area contributed by atoms with Crippen LogP contribution in [0.4, 0.5) is 0 Å². The SMILES string of the molecule is CC(C)OP(=O)(OC(C)C)c1cc(C(c2ccccc2)(c2ccccc2)c2ccccc2)cc(O)c1O. The zero-order chi connectivity index (χ0) is 26.6. The fraction of sp³-hybridized carbons (Fsp3) is 0.226. The molecule has 192 valence electrons. The van der Waals surface area contributed by atoms with Crippen LogP contribution in [0.5, 0.6) is 11.5 Å². The van der Waals surface area contributed by atoms with Gasteiger partial charge in [0.25, 0.3) is 0 Å². The Morgan fingerprint density at radius 1 is 0.622 bits per heavy atom. The molecule has 0 atom stereocenters. The lowest BCUT2D eigenvalue weighted by Crippen LogP contribution is -2.32.